The lowest BCUT2D eigenvalue weighted by atomic mass is 9.95. The van der Waals surface area contributed by atoms with Gasteiger partial charge in [-0.05, 0) is 18.9 Å². The van der Waals surface area contributed by atoms with Crippen LogP contribution in [0.25, 0.3) is 0 Å². The number of likely N-dealkylation sites (tertiary alicyclic amines) is 1. The summed E-state index contributed by atoms with van der Waals surface area (Å²) in [5.41, 5.74) is 1.09. The minimum atomic E-state index is 0.167. The number of halogens is 1. The van der Waals surface area contributed by atoms with Crippen LogP contribution in [0.2, 0.25) is 0 Å². The van der Waals surface area contributed by atoms with Crippen LogP contribution in [0.5, 0.6) is 0 Å². The maximum absolute atomic E-state index is 11.8. The van der Waals surface area contributed by atoms with E-state index in [1.807, 2.05) is 28.9 Å². The molecular formula is C12H18ClN3O. The molecule has 1 aliphatic heterocycles. The summed E-state index contributed by atoms with van der Waals surface area (Å²) < 4.78 is 1.81. The van der Waals surface area contributed by atoms with Crippen molar-refractivity contribution in [2.45, 2.75) is 25.2 Å². The van der Waals surface area contributed by atoms with Crippen molar-refractivity contribution in [3.05, 3.63) is 18.0 Å². The fourth-order valence-corrected chi connectivity index (χ4v) is 2.50. The molecule has 1 aliphatic rings. The number of amides is 1. The average molecular weight is 256 g/mol. The zero-order chi connectivity index (χ0) is 12.3. The summed E-state index contributed by atoms with van der Waals surface area (Å²) in [7, 11) is 1.92. The largest absolute Gasteiger partial charge is 0.342 e. The first-order valence-electron chi connectivity index (χ1n) is 6.04. The zero-order valence-corrected chi connectivity index (χ0v) is 10.9. The predicted molar refractivity (Wildman–Crippen MR) is 67.1 cm³/mol. The Bertz CT molecular complexity index is 391. The molecule has 0 unspecified atom stereocenters. The number of hydrogen-bond donors (Lipinski definition) is 0. The molecule has 2 heterocycles. The van der Waals surface area contributed by atoms with Gasteiger partial charge in [0.2, 0.25) is 5.91 Å². The lowest BCUT2D eigenvalue weighted by Crippen LogP contribution is -2.39. The molecule has 0 bridgehead atoms. The van der Waals surface area contributed by atoms with Crippen molar-refractivity contribution in [3.63, 3.8) is 0 Å². The fraction of sp³-hybridized carbons (Fsp3) is 0.667. The number of aryl methyl sites for hydroxylation is 1. The highest BCUT2D eigenvalue weighted by molar-refractivity contribution is 6.18. The summed E-state index contributed by atoms with van der Waals surface area (Å²) in [5.74, 6) is 0.952. The monoisotopic (exact) mass is 255 g/mol. The van der Waals surface area contributed by atoms with Crippen molar-refractivity contribution in [1.82, 2.24) is 14.7 Å². The highest BCUT2D eigenvalue weighted by Gasteiger charge is 2.25. The minimum Gasteiger partial charge on any atom is -0.342 e. The first kappa shape index (κ1) is 12.4. The highest BCUT2D eigenvalue weighted by atomic mass is 35.5. The molecule has 1 amide bonds. The fourth-order valence-electron chi connectivity index (χ4n) is 2.33. The Hall–Kier alpha value is -1.03. The van der Waals surface area contributed by atoms with Gasteiger partial charge in [0.25, 0.3) is 0 Å². The van der Waals surface area contributed by atoms with Crippen LogP contribution in [0.3, 0.4) is 0 Å². The van der Waals surface area contributed by atoms with Crippen LogP contribution in [0.15, 0.2) is 12.3 Å². The summed E-state index contributed by atoms with van der Waals surface area (Å²) in [6, 6.07) is 2.04. The standard InChI is InChI=1S/C12H18ClN3O/c1-15-8-5-11(14-15)10-3-2-7-16(9-10)12(17)4-6-13/h5,8,10H,2-4,6-7,9H2,1H3/t10-/m1/s1. The molecule has 1 fully saturated rings. The van der Waals surface area contributed by atoms with Gasteiger partial charge in [0.05, 0.1) is 5.69 Å². The van der Waals surface area contributed by atoms with Crippen LogP contribution in [0.1, 0.15) is 30.9 Å². The third-order valence-corrected chi connectivity index (χ3v) is 3.42. The lowest BCUT2D eigenvalue weighted by molar-refractivity contribution is -0.131. The van der Waals surface area contributed by atoms with E-state index in [4.69, 9.17) is 11.6 Å². The number of hydrogen-bond acceptors (Lipinski definition) is 2. The van der Waals surface area contributed by atoms with Crippen molar-refractivity contribution in [2.24, 2.45) is 7.05 Å². The van der Waals surface area contributed by atoms with Gasteiger partial charge in [-0.1, -0.05) is 0 Å². The van der Waals surface area contributed by atoms with E-state index in [2.05, 4.69) is 5.10 Å². The Kier molecular flexibility index (Phi) is 4.05. The van der Waals surface area contributed by atoms with E-state index in [0.717, 1.165) is 31.6 Å². The Balaban J connectivity index is 1.99. The van der Waals surface area contributed by atoms with E-state index in [1.165, 1.54) is 0 Å². The molecule has 0 N–H and O–H groups in total. The maximum atomic E-state index is 11.8. The normalized spacial score (nSPS) is 20.6. The van der Waals surface area contributed by atoms with E-state index in [0.29, 0.717) is 18.2 Å². The summed E-state index contributed by atoms with van der Waals surface area (Å²) in [4.78, 5) is 13.7. The number of aromatic nitrogens is 2. The molecular weight excluding hydrogens is 238 g/mol. The third kappa shape index (κ3) is 3.00. The number of piperidine rings is 1. The van der Waals surface area contributed by atoms with Gasteiger partial charge in [-0.3, -0.25) is 9.48 Å². The van der Waals surface area contributed by atoms with E-state index < -0.39 is 0 Å². The van der Waals surface area contributed by atoms with Crippen LogP contribution in [-0.2, 0) is 11.8 Å². The van der Waals surface area contributed by atoms with Crippen molar-refractivity contribution in [2.75, 3.05) is 19.0 Å². The molecule has 2 rings (SSSR count). The molecule has 0 saturated carbocycles. The molecule has 94 valence electrons. The van der Waals surface area contributed by atoms with E-state index >= 15 is 0 Å². The van der Waals surface area contributed by atoms with Gasteiger partial charge in [-0.25, -0.2) is 0 Å². The molecule has 17 heavy (non-hydrogen) atoms. The quantitative estimate of drug-likeness (QED) is 0.772. The van der Waals surface area contributed by atoms with Gasteiger partial charge >= 0.3 is 0 Å². The van der Waals surface area contributed by atoms with E-state index in [-0.39, 0.29) is 5.91 Å². The Morgan fingerprint density at radius 1 is 1.65 bits per heavy atom. The average Bonchev–Trinajstić information content (AvgIpc) is 2.76. The SMILES string of the molecule is Cn1ccc([C@@H]2CCCN(C(=O)CCCl)C2)n1. The number of nitrogens with zero attached hydrogens (tertiary/aromatic N) is 3. The van der Waals surface area contributed by atoms with Crippen molar-refractivity contribution in [3.8, 4) is 0 Å². The Morgan fingerprint density at radius 2 is 2.47 bits per heavy atom. The first-order valence-corrected chi connectivity index (χ1v) is 6.57. The van der Waals surface area contributed by atoms with Gasteiger partial charge in [-0.2, -0.15) is 5.10 Å². The highest BCUT2D eigenvalue weighted by Crippen LogP contribution is 2.25. The Morgan fingerprint density at radius 3 is 3.12 bits per heavy atom. The minimum absolute atomic E-state index is 0.167. The molecule has 0 radical (unpaired) electrons. The molecule has 0 aromatic carbocycles. The van der Waals surface area contributed by atoms with Crippen molar-refractivity contribution < 1.29 is 4.79 Å². The molecule has 1 aromatic heterocycles. The predicted octanol–water partition coefficient (Wildman–Crippen LogP) is 1.75. The number of carbonyl (C=O) groups is 1. The first-order chi connectivity index (χ1) is 8.20. The second-order valence-electron chi connectivity index (χ2n) is 4.53. The van der Waals surface area contributed by atoms with Crippen LogP contribution in [-0.4, -0.2) is 39.6 Å². The second kappa shape index (κ2) is 5.54. The lowest BCUT2D eigenvalue weighted by Gasteiger charge is -2.32. The van der Waals surface area contributed by atoms with Gasteiger partial charge in [0, 0.05) is 44.6 Å². The van der Waals surface area contributed by atoms with Crippen LogP contribution < -0.4 is 0 Å². The summed E-state index contributed by atoms with van der Waals surface area (Å²) in [6.07, 6.45) is 4.56. The molecule has 1 atom stereocenters. The van der Waals surface area contributed by atoms with Gasteiger partial charge in [0.15, 0.2) is 0 Å². The van der Waals surface area contributed by atoms with Gasteiger partial charge in [-0.15, -0.1) is 11.6 Å². The second-order valence-corrected chi connectivity index (χ2v) is 4.91. The Labute approximate surface area is 107 Å². The van der Waals surface area contributed by atoms with E-state index in [1.54, 1.807) is 0 Å². The van der Waals surface area contributed by atoms with Crippen LogP contribution in [0.4, 0.5) is 0 Å². The molecule has 0 aliphatic carbocycles. The summed E-state index contributed by atoms with van der Waals surface area (Å²) >= 11 is 5.61. The molecule has 4 nitrogen and oxygen atoms in total. The molecule has 0 spiro atoms. The van der Waals surface area contributed by atoms with E-state index in [9.17, 15) is 4.79 Å². The zero-order valence-electron chi connectivity index (χ0n) is 10.1. The third-order valence-electron chi connectivity index (χ3n) is 3.23. The van der Waals surface area contributed by atoms with Crippen molar-refractivity contribution >= 4 is 17.5 Å². The molecule has 5 heteroatoms. The summed E-state index contributed by atoms with van der Waals surface area (Å²) in [6.45, 7) is 1.64. The van der Waals surface area contributed by atoms with Crippen LogP contribution >= 0.6 is 11.6 Å². The van der Waals surface area contributed by atoms with Crippen molar-refractivity contribution in [1.29, 1.82) is 0 Å². The molecule has 1 saturated heterocycles. The van der Waals surface area contributed by atoms with Crippen LogP contribution in [0, 0.1) is 0 Å². The summed E-state index contributed by atoms with van der Waals surface area (Å²) in [5, 5.41) is 4.43. The molecule has 1 aromatic rings. The topological polar surface area (TPSA) is 38.1 Å². The van der Waals surface area contributed by atoms with Gasteiger partial charge < -0.3 is 4.90 Å². The smallest absolute Gasteiger partial charge is 0.223 e. The number of carbonyl (C=O) groups excluding carboxylic acids is 1. The van der Waals surface area contributed by atoms with Gasteiger partial charge in [0.1, 0.15) is 0 Å². The number of alkyl halides is 1. The maximum Gasteiger partial charge on any atom is 0.223 e. The number of rotatable bonds is 3.